The van der Waals surface area contributed by atoms with Gasteiger partial charge in [0.25, 0.3) is 5.91 Å². The molecule has 0 spiro atoms. The lowest BCUT2D eigenvalue weighted by Crippen LogP contribution is -2.37. The molecule has 1 aromatic carbocycles. The molecule has 1 saturated heterocycles. The average Bonchev–Trinajstić information content (AvgIpc) is 2.98. The number of hydrogen-bond acceptors (Lipinski definition) is 5. The van der Waals surface area contributed by atoms with Crippen LogP contribution in [0.15, 0.2) is 23.2 Å². The Morgan fingerprint density at radius 2 is 2.27 bits per heavy atom. The van der Waals surface area contributed by atoms with Gasteiger partial charge in [0.2, 0.25) is 0 Å². The number of ether oxygens (including phenoxy) is 1. The minimum absolute atomic E-state index is 0.00756. The van der Waals surface area contributed by atoms with E-state index in [1.165, 1.54) is 18.5 Å². The predicted molar refractivity (Wildman–Crippen MR) is 88.0 cm³/mol. The van der Waals surface area contributed by atoms with Gasteiger partial charge in [0.1, 0.15) is 18.1 Å². The fourth-order valence-corrected chi connectivity index (χ4v) is 2.15. The molecule has 8 nitrogen and oxygen atoms in total. The molecule has 1 aliphatic rings. The smallest absolute Gasteiger partial charge is 0.414 e. The number of alkyl halides is 2. The number of carbonyl (C=O) groups is 2. The highest BCUT2D eigenvalue weighted by Crippen LogP contribution is 2.27. The Hall–Kier alpha value is -2.82. The maximum Gasteiger partial charge on any atom is 0.414 e. The lowest BCUT2D eigenvalue weighted by molar-refractivity contribution is -0.132. The maximum absolute atomic E-state index is 14.1. The highest BCUT2D eigenvalue weighted by atomic mass is 19.3. The van der Waals surface area contributed by atoms with Gasteiger partial charge in [0.15, 0.2) is 5.82 Å². The third kappa shape index (κ3) is 5.09. The number of nitrogens with zero attached hydrogens (tertiary/aromatic N) is 2. The summed E-state index contributed by atoms with van der Waals surface area (Å²) in [6.07, 6.45) is -3.43. The van der Waals surface area contributed by atoms with Crippen LogP contribution in [0.25, 0.3) is 0 Å². The third-order valence-corrected chi connectivity index (χ3v) is 3.37. The summed E-state index contributed by atoms with van der Waals surface area (Å²) in [5.41, 5.74) is 5.70. The predicted octanol–water partition coefficient (Wildman–Crippen LogP) is 1.31. The summed E-state index contributed by atoms with van der Waals surface area (Å²) < 4.78 is 43.4. The first-order valence-corrected chi connectivity index (χ1v) is 7.76. The summed E-state index contributed by atoms with van der Waals surface area (Å²) in [5.74, 6) is -2.10. The van der Waals surface area contributed by atoms with Gasteiger partial charge in [-0.15, -0.1) is 0 Å². The fraction of sp³-hybridized carbons (Fsp3) is 0.400. The van der Waals surface area contributed by atoms with Gasteiger partial charge < -0.3 is 15.5 Å². The van der Waals surface area contributed by atoms with Crippen molar-refractivity contribution in [3.63, 3.8) is 0 Å². The Morgan fingerprint density at radius 3 is 2.92 bits per heavy atom. The Balaban J connectivity index is 1.98. The molecular formula is C15H18F3N5O3. The third-order valence-electron chi connectivity index (χ3n) is 3.37. The topological polar surface area (TPSA) is 95.1 Å². The quantitative estimate of drug-likeness (QED) is 0.276. The first-order valence-electron chi connectivity index (χ1n) is 7.76. The monoisotopic (exact) mass is 373 g/mol. The van der Waals surface area contributed by atoms with Crippen molar-refractivity contribution in [1.29, 1.82) is 0 Å². The van der Waals surface area contributed by atoms with Crippen LogP contribution in [0.3, 0.4) is 0 Å². The molecule has 1 aromatic rings. The second-order valence-corrected chi connectivity index (χ2v) is 5.23. The van der Waals surface area contributed by atoms with E-state index in [1.54, 1.807) is 0 Å². The molecule has 3 N–H and O–H groups in total. The fourth-order valence-electron chi connectivity index (χ4n) is 2.15. The van der Waals surface area contributed by atoms with Gasteiger partial charge in [-0.25, -0.2) is 19.6 Å². The van der Waals surface area contributed by atoms with Crippen LogP contribution < -0.4 is 21.1 Å². The van der Waals surface area contributed by atoms with Crippen molar-refractivity contribution in [3.05, 3.63) is 24.0 Å². The molecule has 1 heterocycles. The van der Waals surface area contributed by atoms with Crippen LogP contribution in [-0.4, -0.2) is 50.5 Å². The number of hydrazine groups is 1. The maximum atomic E-state index is 14.1. The first kappa shape index (κ1) is 19.5. The standard InChI is InChI=1S/C15H18F3N5O3/c1-2-21-22-8-20-12-4-3-9(5-11(12)16)23-7-10(26-15(23)25)6-19-14(24)13(17)18/h3-5,8,10,13,21H,2,6-7H2,1H3,(H,19,24)(H,20,22)/t10-/m0/s1. The van der Waals surface area contributed by atoms with Crippen LogP contribution in [0.4, 0.5) is 29.3 Å². The number of carbonyl (C=O) groups excluding carboxylic acids is 2. The van der Waals surface area contributed by atoms with Gasteiger partial charge in [0, 0.05) is 6.54 Å². The van der Waals surface area contributed by atoms with E-state index in [-0.39, 0.29) is 24.5 Å². The van der Waals surface area contributed by atoms with E-state index in [9.17, 15) is 22.8 Å². The highest BCUT2D eigenvalue weighted by molar-refractivity contribution is 5.90. The first-order chi connectivity index (χ1) is 12.4. The molecular weight excluding hydrogens is 355 g/mol. The number of nitrogens with one attached hydrogen (secondary N) is 3. The van der Waals surface area contributed by atoms with E-state index >= 15 is 0 Å². The molecule has 0 unspecified atom stereocenters. The molecule has 11 heteroatoms. The SMILES string of the molecule is CCNNC=Nc1ccc(N2C[C@H](CNC(=O)C(F)F)OC2=O)cc1F. The second kappa shape index (κ2) is 9.04. The summed E-state index contributed by atoms with van der Waals surface area (Å²) in [7, 11) is 0. The molecule has 1 aliphatic heterocycles. The molecule has 1 atom stereocenters. The lowest BCUT2D eigenvalue weighted by atomic mass is 10.2. The van der Waals surface area contributed by atoms with Crippen LogP contribution in [-0.2, 0) is 9.53 Å². The van der Waals surface area contributed by atoms with E-state index in [4.69, 9.17) is 4.74 Å². The van der Waals surface area contributed by atoms with Gasteiger partial charge in [-0.05, 0) is 18.2 Å². The molecule has 26 heavy (non-hydrogen) atoms. The van der Waals surface area contributed by atoms with Gasteiger partial charge in [-0.1, -0.05) is 6.92 Å². The van der Waals surface area contributed by atoms with Crippen LogP contribution in [0, 0.1) is 5.82 Å². The zero-order chi connectivity index (χ0) is 19.1. The molecule has 0 aromatic heterocycles. The second-order valence-electron chi connectivity index (χ2n) is 5.23. The van der Waals surface area contributed by atoms with Crippen LogP contribution >= 0.6 is 0 Å². The average molecular weight is 373 g/mol. The van der Waals surface area contributed by atoms with Crippen molar-refractivity contribution in [2.75, 3.05) is 24.5 Å². The highest BCUT2D eigenvalue weighted by Gasteiger charge is 2.33. The van der Waals surface area contributed by atoms with Gasteiger partial charge in [0.05, 0.1) is 18.8 Å². The molecule has 0 saturated carbocycles. The molecule has 0 bridgehead atoms. The number of halogens is 3. The molecule has 0 radical (unpaired) electrons. The van der Waals surface area contributed by atoms with Crippen LogP contribution in [0.2, 0.25) is 0 Å². The van der Waals surface area contributed by atoms with E-state index in [0.717, 1.165) is 11.0 Å². The number of cyclic esters (lactones) is 1. The molecule has 2 amide bonds. The Kier molecular flexibility index (Phi) is 6.78. The number of rotatable bonds is 8. The van der Waals surface area contributed by atoms with E-state index in [0.29, 0.717) is 6.54 Å². The summed E-state index contributed by atoms with van der Waals surface area (Å²) in [4.78, 5) is 27.8. The Bertz CT molecular complexity index is 686. The summed E-state index contributed by atoms with van der Waals surface area (Å²) in [6, 6.07) is 3.97. The van der Waals surface area contributed by atoms with Gasteiger partial charge in [-0.3, -0.25) is 9.69 Å². The summed E-state index contributed by atoms with van der Waals surface area (Å²) in [5, 5.41) is 1.97. The lowest BCUT2D eigenvalue weighted by Gasteiger charge is -2.13. The number of anilines is 1. The number of amides is 2. The van der Waals surface area contributed by atoms with Crippen molar-refractivity contribution in [2.45, 2.75) is 19.5 Å². The molecule has 1 fully saturated rings. The van der Waals surface area contributed by atoms with Crippen molar-refractivity contribution >= 4 is 29.7 Å². The number of benzene rings is 1. The van der Waals surface area contributed by atoms with Crippen molar-refractivity contribution < 1.29 is 27.5 Å². The summed E-state index contributed by atoms with van der Waals surface area (Å²) >= 11 is 0. The Morgan fingerprint density at radius 1 is 1.50 bits per heavy atom. The number of aliphatic imine (C=N–C) groups is 1. The minimum atomic E-state index is -3.15. The van der Waals surface area contributed by atoms with E-state index < -0.39 is 30.3 Å². The summed E-state index contributed by atoms with van der Waals surface area (Å²) in [6.45, 7) is 2.26. The van der Waals surface area contributed by atoms with Crippen LogP contribution in [0.1, 0.15) is 6.92 Å². The van der Waals surface area contributed by atoms with Crippen molar-refractivity contribution in [2.24, 2.45) is 4.99 Å². The van der Waals surface area contributed by atoms with E-state index in [2.05, 4.69) is 15.8 Å². The Labute approximate surface area is 147 Å². The van der Waals surface area contributed by atoms with Crippen molar-refractivity contribution in [1.82, 2.24) is 16.2 Å². The van der Waals surface area contributed by atoms with Crippen molar-refractivity contribution in [3.8, 4) is 0 Å². The van der Waals surface area contributed by atoms with Gasteiger partial charge in [-0.2, -0.15) is 8.78 Å². The zero-order valence-corrected chi connectivity index (χ0v) is 13.8. The molecule has 0 aliphatic carbocycles. The number of hydrogen-bond donors (Lipinski definition) is 3. The van der Waals surface area contributed by atoms with E-state index in [1.807, 2.05) is 12.2 Å². The normalized spacial score (nSPS) is 17.0. The zero-order valence-electron chi connectivity index (χ0n) is 13.8. The molecule has 2 rings (SSSR count). The van der Waals surface area contributed by atoms with Crippen LogP contribution in [0.5, 0.6) is 0 Å². The molecule has 142 valence electrons. The largest absolute Gasteiger partial charge is 0.442 e. The van der Waals surface area contributed by atoms with Gasteiger partial charge >= 0.3 is 12.5 Å². The minimum Gasteiger partial charge on any atom is -0.442 e.